The van der Waals surface area contributed by atoms with Crippen molar-refractivity contribution in [3.8, 4) is 0 Å². The molecule has 0 amide bonds. The van der Waals surface area contributed by atoms with Crippen molar-refractivity contribution in [3.63, 3.8) is 0 Å². The molecule has 124 valence electrons. The highest BCUT2D eigenvalue weighted by Crippen LogP contribution is 2.26. The van der Waals surface area contributed by atoms with E-state index in [1.165, 1.54) is 0 Å². The second kappa shape index (κ2) is 9.67. The van der Waals surface area contributed by atoms with Gasteiger partial charge in [0.15, 0.2) is 16.6 Å². The summed E-state index contributed by atoms with van der Waals surface area (Å²) in [7, 11) is -4.02. The van der Waals surface area contributed by atoms with Crippen molar-refractivity contribution in [2.24, 2.45) is 0 Å². The minimum atomic E-state index is -2.01. The van der Waals surface area contributed by atoms with Crippen molar-refractivity contribution in [1.82, 2.24) is 0 Å². The molecule has 0 saturated carbocycles. The van der Waals surface area contributed by atoms with Gasteiger partial charge in [-0.05, 0) is 49.4 Å². The monoisotopic (exact) mass is 334 g/mol. The fourth-order valence-corrected chi connectivity index (χ4v) is 11.8. The Labute approximate surface area is 129 Å². The van der Waals surface area contributed by atoms with Gasteiger partial charge in [-0.1, -0.05) is 12.2 Å². The maximum Gasteiger partial charge on any atom is 0.177 e. The molecule has 0 unspecified atom stereocenters. The summed E-state index contributed by atoms with van der Waals surface area (Å²) in [6.07, 6.45) is 3.27. The predicted molar refractivity (Wildman–Crippen MR) is 90.2 cm³/mol. The van der Waals surface area contributed by atoms with E-state index in [9.17, 15) is 10.2 Å². The highest BCUT2D eigenvalue weighted by atomic mass is 28.4. The Morgan fingerprint density at radius 3 is 1.33 bits per heavy atom. The third kappa shape index (κ3) is 9.36. The lowest BCUT2D eigenvalue weighted by Crippen LogP contribution is -2.45. The van der Waals surface area contributed by atoms with Crippen LogP contribution >= 0.6 is 0 Å². The first kappa shape index (κ1) is 20.7. The van der Waals surface area contributed by atoms with Crippen LogP contribution < -0.4 is 0 Å². The number of rotatable bonds is 10. The lowest BCUT2D eigenvalue weighted by Gasteiger charge is -2.35. The molecule has 0 aliphatic heterocycles. The molecule has 5 nitrogen and oxygen atoms in total. The molecule has 0 aliphatic rings. The normalized spacial score (nSPS) is 14.7. The largest absolute Gasteiger partial charge is 0.455 e. The van der Waals surface area contributed by atoms with Gasteiger partial charge in [0.1, 0.15) is 0 Å². The van der Waals surface area contributed by atoms with Crippen LogP contribution in [0.4, 0.5) is 0 Å². The van der Waals surface area contributed by atoms with Crippen LogP contribution in [-0.4, -0.2) is 63.5 Å². The number of hydrogen-bond donors (Lipinski definition) is 4. The van der Waals surface area contributed by atoms with E-state index in [0.29, 0.717) is 12.1 Å². The molecule has 0 rings (SSSR count). The molecule has 0 fully saturated rings. The molecule has 0 aromatic rings. The van der Waals surface area contributed by atoms with Gasteiger partial charge in [-0.2, -0.15) is 0 Å². The Balaban J connectivity index is 4.81. The van der Waals surface area contributed by atoms with Gasteiger partial charge in [0.05, 0.1) is 26.4 Å². The summed E-state index contributed by atoms with van der Waals surface area (Å²) in [6.45, 7) is 8.11. The van der Waals surface area contributed by atoms with Gasteiger partial charge in [-0.15, -0.1) is 0 Å². The average molecular weight is 335 g/mol. The Morgan fingerprint density at radius 1 is 0.762 bits per heavy atom. The molecule has 0 aromatic heterocycles. The summed E-state index contributed by atoms with van der Waals surface area (Å²) in [4.78, 5) is 0. The van der Waals surface area contributed by atoms with E-state index < -0.39 is 16.6 Å². The average Bonchev–Trinajstić information content (AvgIpc) is 2.35. The van der Waals surface area contributed by atoms with Crippen molar-refractivity contribution in [2.45, 2.75) is 38.3 Å². The van der Waals surface area contributed by atoms with Crippen molar-refractivity contribution < 1.29 is 24.5 Å². The van der Waals surface area contributed by atoms with Gasteiger partial charge in [-0.3, -0.25) is 0 Å². The summed E-state index contributed by atoms with van der Waals surface area (Å²) < 4.78 is 6.39. The Kier molecular flexibility index (Phi) is 9.54. The first-order chi connectivity index (χ1) is 9.69. The second-order valence-corrected chi connectivity index (χ2v) is 14.9. The SMILES string of the molecule is C[Si](C)(CC(=CCO)CO)O[Si](C)(C)CC(=CCO)CO. The lowest BCUT2D eigenvalue weighted by molar-refractivity contribution is 0.318. The van der Waals surface area contributed by atoms with E-state index in [4.69, 9.17) is 14.3 Å². The van der Waals surface area contributed by atoms with Crippen LogP contribution in [-0.2, 0) is 4.12 Å². The predicted octanol–water partition coefficient (Wildman–Crippen LogP) is 1.24. The second-order valence-electron chi connectivity index (χ2n) is 6.38. The standard InChI is InChI=1S/C14H30O5Si2/c1-20(2,11-13(9-17)5-7-15)19-21(3,4)12-14(10-18)6-8-16/h5-6,15-18H,7-12H2,1-4H3. The van der Waals surface area contributed by atoms with Crippen molar-refractivity contribution >= 4 is 16.6 Å². The van der Waals surface area contributed by atoms with Gasteiger partial charge in [0.2, 0.25) is 0 Å². The molecule has 0 saturated heterocycles. The smallest absolute Gasteiger partial charge is 0.177 e. The maximum atomic E-state index is 9.30. The van der Waals surface area contributed by atoms with Crippen LogP contribution in [0.1, 0.15) is 0 Å². The maximum absolute atomic E-state index is 9.30. The molecule has 0 aromatic carbocycles. The molecule has 0 spiro atoms. The Hall–Kier alpha value is -0.286. The van der Waals surface area contributed by atoms with Gasteiger partial charge in [0.25, 0.3) is 0 Å². The highest BCUT2D eigenvalue weighted by molar-refractivity contribution is 6.85. The van der Waals surface area contributed by atoms with E-state index in [1.54, 1.807) is 12.2 Å². The molecule has 21 heavy (non-hydrogen) atoms. The minimum Gasteiger partial charge on any atom is -0.455 e. The van der Waals surface area contributed by atoms with E-state index in [-0.39, 0.29) is 26.4 Å². The van der Waals surface area contributed by atoms with E-state index in [0.717, 1.165) is 11.1 Å². The van der Waals surface area contributed by atoms with E-state index in [2.05, 4.69) is 26.2 Å². The van der Waals surface area contributed by atoms with Gasteiger partial charge in [-0.25, -0.2) is 0 Å². The molecule has 0 heterocycles. The molecular formula is C14H30O5Si2. The van der Waals surface area contributed by atoms with Crippen molar-refractivity contribution in [1.29, 1.82) is 0 Å². The molecule has 7 heteroatoms. The van der Waals surface area contributed by atoms with Crippen LogP contribution in [0.25, 0.3) is 0 Å². The zero-order valence-electron chi connectivity index (χ0n) is 13.6. The van der Waals surface area contributed by atoms with Crippen LogP contribution in [0, 0.1) is 0 Å². The molecule has 0 aliphatic carbocycles. The number of aliphatic hydroxyl groups is 4. The Bertz CT molecular complexity index is 330. The molecule has 0 atom stereocenters. The molecule has 0 radical (unpaired) electrons. The van der Waals surface area contributed by atoms with Gasteiger partial charge < -0.3 is 24.5 Å². The molecule has 0 bridgehead atoms. The number of aliphatic hydroxyl groups excluding tert-OH is 4. The summed E-state index contributed by atoms with van der Waals surface area (Å²) >= 11 is 0. The van der Waals surface area contributed by atoms with E-state index in [1.807, 2.05) is 0 Å². The van der Waals surface area contributed by atoms with Gasteiger partial charge in [0, 0.05) is 0 Å². The van der Waals surface area contributed by atoms with Crippen molar-refractivity contribution in [3.05, 3.63) is 23.3 Å². The zero-order valence-corrected chi connectivity index (χ0v) is 15.6. The van der Waals surface area contributed by atoms with Gasteiger partial charge >= 0.3 is 0 Å². The third-order valence-electron chi connectivity index (χ3n) is 3.02. The minimum absolute atomic E-state index is 0.0609. The summed E-state index contributed by atoms with van der Waals surface area (Å²) in [5.41, 5.74) is 1.62. The summed E-state index contributed by atoms with van der Waals surface area (Å²) in [6, 6.07) is 1.36. The third-order valence-corrected chi connectivity index (χ3v) is 10.1. The topological polar surface area (TPSA) is 90.2 Å². The van der Waals surface area contributed by atoms with E-state index >= 15 is 0 Å². The van der Waals surface area contributed by atoms with Crippen LogP contribution in [0.2, 0.25) is 38.3 Å². The Morgan fingerprint density at radius 2 is 1.10 bits per heavy atom. The van der Waals surface area contributed by atoms with Crippen LogP contribution in [0.5, 0.6) is 0 Å². The first-order valence-corrected chi connectivity index (χ1v) is 13.4. The molecule has 4 N–H and O–H groups in total. The first-order valence-electron chi connectivity index (χ1n) is 7.19. The fraction of sp³-hybridized carbons (Fsp3) is 0.714. The molecular weight excluding hydrogens is 304 g/mol. The highest BCUT2D eigenvalue weighted by Gasteiger charge is 2.34. The number of hydrogen-bond acceptors (Lipinski definition) is 5. The quantitative estimate of drug-likeness (QED) is 0.356. The zero-order chi connectivity index (χ0) is 16.5. The lowest BCUT2D eigenvalue weighted by atomic mass is 10.3. The summed E-state index contributed by atoms with van der Waals surface area (Å²) in [5.74, 6) is 0. The van der Waals surface area contributed by atoms with Crippen LogP contribution in [0.15, 0.2) is 23.3 Å². The summed E-state index contributed by atoms with van der Waals surface area (Å²) in [5, 5.41) is 36.5. The van der Waals surface area contributed by atoms with Crippen LogP contribution in [0.3, 0.4) is 0 Å². The fourth-order valence-electron chi connectivity index (χ4n) is 2.56. The van der Waals surface area contributed by atoms with Crippen molar-refractivity contribution in [2.75, 3.05) is 26.4 Å².